The van der Waals surface area contributed by atoms with E-state index in [0.717, 1.165) is 10.4 Å². The van der Waals surface area contributed by atoms with E-state index in [1.54, 1.807) is 6.92 Å². The van der Waals surface area contributed by atoms with Crippen molar-refractivity contribution in [2.75, 3.05) is 12.4 Å². The summed E-state index contributed by atoms with van der Waals surface area (Å²) in [5.41, 5.74) is 1.19. The maximum Gasteiger partial charge on any atom is 0.341 e. The molecule has 2 N–H and O–H groups in total. The Morgan fingerprint density at radius 1 is 1.19 bits per heavy atom. The third-order valence-corrected chi connectivity index (χ3v) is 4.19. The SMILES string of the molecule is COC(=O)c1c(NC(=O)CCCCC(=O)O)sc(C)c1C. The molecule has 1 aromatic rings. The zero-order valence-electron chi connectivity index (χ0n) is 12.3. The van der Waals surface area contributed by atoms with E-state index in [1.807, 2.05) is 6.92 Å². The molecule has 116 valence electrons. The van der Waals surface area contributed by atoms with Gasteiger partial charge in [0.25, 0.3) is 0 Å². The topological polar surface area (TPSA) is 92.7 Å². The van der Waals surface area contributed by atoms with Crippen molar-refractivity contribution in [1.82, 2.24) is 0 Å². The molecule has 0 bridgehead atoms. The highest BCUT2D eigenvalue weighted by Crippen LogP contribution is 2.33. The first-order chi connectivity index (χ1) is 9.86. The predicted octanol–water partition coefficient (Wildman–Crippen LogP) is 2.74. The molecule has 0 spiro atoms. The van der Waals surface area contributed by atoms with Gasteiger partial charge in [0, 0.05) is 17.7 Å². The number of thiophene rings is 1. The van der Waals surface area contributed by atoms with Crippen LogP contribution in [0, 0.1) is 13.8 Å². The lowest BCUT2D eigenvalue weighted by Crippen LogP contribution is -2.14. The van der Waals surface area contributed by atoms with Gasteiger partial charge in [0.2, 0.25) is 5.91 Å². The van der Waals surface area contributed by atoms with E-state index in [0.29, 0.717) is 23.4 Å². The minimum absolute atomic E-state index is 0.0535. The van der Waals surface area contributed by atoms with E-state index in [9.17, 15) is 14.4 Å². The maximum atomic E-state index is 11.8. The molecule has 0 aliphatic carbocycles. The number of amides is 1. The minimum atomic E-state index is -0.868. The van der Waals surface area contributed by atoms with Crippen LogP contribution in [0.4, 0.5) is 5.00 Å². The van der Waals surface area contributed by atoms with Gasteiger partial charge in [0.05, 0.1) is 12.7 Å². The van der Waals surface area contributed by atoms with Crippen LogP contribution in [0.5, 0.6) is 0 Å². The predicted molar refractivity (Wildman–Crippen MR) is 79.9 cm³/mol. The Hall–Kier alpha value is -1.89. The van der Waals surface area contributed by atoms with E-state index < -0.39 is 11.9 Å². The Morgan fingerprint density at radius 2 is 1.81 bits per heavy atom. The Bertz CT molecular complexity index is 550. The van der Waals surface area contributed by atoms with Crippen molar-refractivity contribution in [3.05, 3.63) is 16.0 Å². The van der Waals surface area contributed by atoms with E-state index in [-0.39, 0.29) is 18.7 Å². The van der Waals surface area contributed by atoms with Gasteiger partial charge in [0.15, 0.2) is 0 Å². The standard InChI is InChI=1S/C14H19NO5S/c1-8-9(2)21-13(12(8)14(19)20-3)15-10(16)6-4-5-7-11(17)18/h4-7H2,1-3H3,(H,15,16)(H,17,18). The van der Waals surface area contributed by atoms with Gasteiger partial charge in [-0.3, -0.25) is 9.59 Å². The largest absolute Gasteiger partial charge is 0.481 e. The first kappa shape index (κ1) is 17.2. The zero-order chi connectivity index (χ0) is 16.0. The fraction of sp³-hybridized carbons (Fsp3) is 0.500. The van der Waals surface area contributed by atoms with Crippen molar-refractivity contribution >= 4 is 34.2 Å². The van der Waals surface area contributed by atoms with Gasteiger partial charge < -0.3 is 15.2 Å². The lowest BCUT2D eigenvalue weighted by molar-refractivity contribution is -0.137. The monoisotopic (exact) mass is 313 g/mol. The summed E-state index contributed by atoms with van der Waals surface area (Å²) in [4.78, 5) is 34.9. The Labute approximate surface area is 127 Å². The number of unbranched alkanes of at least 4 members (excludes halogenated alkanes) is 1. The molecule has 7 heteroatoms. The molecule has 1 heterocycles. The van der Waals surface area contributed by atoms with Crippen molar-refractivity contribution in [2.45, 2.75) is 39.5 Å². The van der Waals surface area contributed by atoms with Crippen LogP contribution in [0.2, 0.25) is 0 Å². The van der Waals surface area contributed by atoms with Crippen LogP contribution < -0.4 is 5.32 Å². The number of nitrogens with one attached hydrogen (secondary N) is 1. The molecule has 1 amide bonds. The van der Waals surface area contributed by atoms with Gasteiger partial charge in [-0.2, -0.15) is 0 Å². The molecule has 0 saturated heterocycles. The lowest BCUT2D eigenvalue weighted by Gasteiger charge is -2.06. The number of hydrogen-bond acceptors (Lipinski definition) is 5. The number of carboxylic acids is 1. The summed E-state index contributed by atoms with van der Waals surface area (Å²) in [5.74, 6) is -1.57. The minimum Gasteiger partial charge on any atom is -0.481 e. The van der Waals surface area contributed by atoms with Gasteiger partial charge in [-0.1, -0.05) is 0 Å². The number of aliphatic carboxylic acids is 1. The number of carbonyl (C=O) groups excluding carboxylic acids is 2. The van der Waals surface area contributed by atoms with Crippen LogP contribution in [0.15, 0.2) is 0 Å². The first-order valence-corrected chi connectivity index (χ1v) is 7.38. The van der Waals surface area contributed by atoms with Crippen LogP contribution in [-0.4, -0.2) is 30.1 Å². The maximum absolute atomic E-state index is 11.8. The molecule has 0 radical (unpaired) electrons. The van der Waals surface area contributed by atoms with Gasteiger partial charge in [-0.25, -0.2) is 4.79 Å². The van der Waals surface area contributed by atoms with Crippen LogP contribution in [0.3, 0.4) is 0 Å². The highest BCUT2D eigenvalue weighted by Gasteiger charge is 2.21. The molecular weight excluding hydrogens is 294 g/mol. The smallest absolute Gasteiger partial charge is 0.341 e. The molecule has 0 aliphatic rings. The van der Waals surface area contributed by atoms with Gasteiger partial charge in [0.1, 0.15) is 5.00 Å². The van der Waals surface area contributed by atoms with Crippen molar-refractivity contribution < 1.29 is 24.2 Å². The van der Waals surface area contributed by atoms with E-state index in [1.165, 1.54) is 18.4 Å². The Morgan fingerprint density at radius 3 is 2.38 bits per heavy atom. The molecule has 0 saturated carbocycles. The number of rotatable bonds is 7. The molecule has 21 heavy (non-hydrogen) atoms. The Balaban J connectivity index is 2.66. The van der Waals surface area contributed by atoms with E-state index in [2.05, 4.69) is 5.32 Å². The average molecular weight is 313 g/mol. The summed E-state index contributed by atoms with van der Waals surface area (Å²) >= 11 is 1.33. The van der Waals surface area contributed by atoms with Crippen LogP contribution in [0.1, 0.15) is 46.5 Å². The highest BCUT2D eigenvalue weighted by molar-refractivity contribution is 7.16. The molecule has 0 aromatic carbocycles. The summed E-state index contributed by atoms with van der Waals surface area (Å²) in [6.07, 6.45) is 1.23. The van der Waals surface area contributed by atoms with Crippen LogP contribution in [-0.2, 0) is 14.3 Å². The van der Waals surface area contributed by atoms with Crippen molar-refractivity contribution in [3.63, 3.8) is 0 Å². The van der Waals surface area contributed by atoms with Crippen molar-refractivity contribution in [1.29, 1.82) is 0 Å². The van der Waals surface area contributed by atoms with Crippen molar-refractivity contribution in [2.24, 2.45) is 0 Å². The average Bonchev–Trinajstić information content (AvgIpc) is 2.69. The molecule has 6 nitrogen and oxygen atoms in total. The fourth-order valence-corrected chi connectivity index (χ4v) is 2.88. The summed E-state index contributed by atoms with van der Waals surface area (Å²) in [6.45, 7) is 3.68. The van der Waals surface area contributed by atoms with Gasteiger partial charge in [-0.15, -0.1) is 11.3 Å². The number of carboxylic acid groups (broad SMARTS) is 1. The first-order valence-electron chi connectivity index (χ1n) is 6.56. The number of methoxy groups -OCH3 is 1. The second-order valence-electron chi connectivity index (χ2n) is 4.63. The summed E-state index contributed by atoms with van der Waals surface area (Å²) < 4.78 is 4.73. The quantitative estimate of drug-likeness (QED) is 0.596. The third kappa shape index (κ3) is 4.86. The third-order valence-electron chi connectivity index (χ3n) is 3.07. The van der Waals surface area contributed by atoms with Crippen LogP contribution in [0.25, 0.3) is 0 Å². The summed E-state index contributed by atoms with van der Waals surface area (Å²) in [5, 5.41) is 11.7. The molecule has 1 aromatic heterocycles. The summed E-state index contributed by atoms with van der Waals surface area (Å²) in [7, 11) is 1.30. The zero-order valence-corrected chi connectivity index (χ0v) is 13.1. The fourth-order valence-electron chi connectivity index (χ4n) is 1.81. The van der Waals surface area contributed by atoms with Gasteiger partial charge in [-0.05, 0) is 32.3 Å². The molecular formula is C14H19NO5S. The number of anilines is 1. The number of hydrogen-bond donors (Lipinski definition) is 2. The Kier molecular flexibility index (Phi) is 6.36. The molecule has 1 rings (SSSR count). The highest BCUT2D eigenvalue weighted by atomic mass is 32.1. The second-order valence-corrected chi connectivity index (χ2v) is 5.85. The van der Waals surface area contributed by atoms with E-state index in [4.69, 9.17) is 9.84 Å². The number of ether oxygens (including phenoxy) is 1. The molecule has 0 unspecified atom stereocenters. The van der Waals surface area contributed by atoms with E-state index >= 15 is 0 Å². The normalized spacial score (nSPS) is 10.2. The van der Waals surface area contributed by atoms with Crippen LogP contribution >= 0.6 is 11.3 Å². The number of esters is 1. The second kappa shape index (κ2) is 7.78. The molecule has 0 fully saturated rings. The lowest BCUT2D eigenvalue weighted by atomic mass is 10.1. The number of carbonyl (C=O) groups is 3. The molecule has 0 aliphatic heterocycles. The molecule has 0 atom stereocenters. The summed E-state index contributed by atoms with van der Waals surface area (Å²) in [6, 6.07) is 0. The van der Waals surface area contributed by atoms with Gasteiger partial charge >= 0.3 is 11.9 Å². The number of aryl methyl sites for hydroxylation is 1. The van der Waals surface area contributed by atoms with Crippen molar-refractivity contribution in [3.8, 4) is 0 Å².